The highest BCUT2D eigenvalue weighted by Crippen LogP contribution is 2.16. The van der Waals surface area contributed by atoms with E-state index in [4.69, 9.17) is 9.84 Å². The molecule has 0 radical (unpaired) electrons. The van der Waals surface area contributed by atoms with Crippen molar-refractivity contribution in [2.75, 3.05) is 43.5 Å². The molecular formula is C22H27N3O5. The van der Waals surface area contributed by atoms with Crippen molar-refractivity contribution in [2.45, 2.75) is 13.8 Å². The van der Waals surface area contributed by atoms with Crippen LogP contribution in [0.5, 0.6) is 0 Å². The van der Waals surface area contributed by atoms with Crippen LogP contribution in [0.2, 0.25) is 0 Å². The average Bonchev–Trinajstić information content (AvgIpc) is 2.77. The lowest BCUT2D eigenvalue weighted by Crippen LogP contribution is -2.30. The van der Waals surface area contributed by atoms with Crippen LogP contribution in [-0.2, 0) is 9.53 Å². The molecule has 0 unspecified atom stereocenters. The van der Waals surface area contributed by atoms with Gasteiger partial charge in [-0.25, -0.2) is 4.79 Å². The fraction of sp³-hybridized carbons (Fsp3) is 0.318. The van der Waals surface area contributed by atoms with Crippen molar-refractivity contribution in [3.63, 3.8) is 0 Å². The number of para-hydroxylation sites is 1. The van der Waals surface area contributed by atoms with Crippen molar-refractivity contribution < 1.29 is 24.2 Å². The minimum Gasteiger partial charge on any atom is -0.452 e. The van der Waals surface area contributed by atoms with Gasteiger partial charge in [-0.15, -0.1) is 0 Å². The largest absolute Gasteiger partial charge is 0.452 e. The van der Waals surface area contributed by atoms with Gasteiger partial charge in [-0.3, -0.25) is 9.59 Å². The first-order chi connectivity index (χ1) is 14.5. The van der Waals surface area contributed by atoms with Crippen LogP contribution in [0, 0.1) is 0 Å². The minimum atomic E-state index is -0.647. The Morgan fingerprint density at radius 1 is 1.00 bits per heavy atom. The van der Waals surface area contributed by atoms with E-state index in [9.17, 15) is 14.4 Å². The third-order valence-electron chi connectivity index (χ3n) is 4.37. The van der Waals surface area contributed by atoms with Gasteiger partial charge in [0.25, 0.3) is 11.8 Å². The molecule has 8 nitrogen and oxygen atoms in total. The zero-order valence-corrected chi connectivity index (χ0v) is 17.2. The van der Waals surface area contributed by atoms with E-state index in [0.29, 0.717) is 30.0 Å². The fourth-order valence-corrected chi connectivity index (χ4v) is 2.80. The maximum atomic E-state index is 12.3. The maximum Gasteiger partial charge on any atom is 0.340 e. The van der Waals surface area contributed by atoms with Crippen LogP contribution in [0.25, 0.3) is 0 Å². The first kappa shape index (κ1) is 22.9. The number of hydrogen-bond acceptors (Lipinski definition) is 6. The number of benzene rings is 2. The molecule has 0 saturated heterocycles. The molecule has 0 fully saturated rings. The Morgan fingerprint density at radius 2 is 1.67 bits per heavy atom. The van der Waals surface area contributed by atoms with Gasteiger partial charge in [-0.05, 0) is 50.2 Å². The Balaban J connectivity index is 1.91. The average molecular weight is 413 g/mol. The van der Waals surface area contributed by atoms with Gasteiger partial charge in [0.15, 0.2) is 6.61 Å². The smallest absolute Gasteiger partial charge is 0.340 e. The quantitative estimate of drug-likeness (QED) is 0.516. The summed E-state index contributed by atoms with van der Waals surface area (Å²) in [7, 11) is 0. The molecule has 0 aromatic heterocycles. The molecule has 160 valence electrons. The first-order valence-corrected chi connectivity index (χ1v) is 9.80. The Bertz CT molecular complexity index is 863. The minimum absolute atomic E-state index is 0.0692. The number of aliphatic hydroxyl groups excluding tert-OH is 1. The molecule has 0 spiro atoms. The van der Waals surface area contributed by atoms with E-state index < -0.39 is 18.5 Å². The molecule has 2 amide bonds. The summed E-state index contributed by atoms with van der Waals surface area (Å²) in [5.41, 5.74) is 1.83. The second kappa shape index (κ2) is 11.6. The molecule has 0 aliphatic rings. The third kappa shape index (κ3) is 6.31. The number of rotatable bonds is 10. The second-order valence-corrected chi connectivity index (χ2v) is 6.38. The molecular weight excluding hydrogens is 386 g/mol. The van der Waals surface area contributed by atoms with Gasteiger partial charge in [-0.2, -0.15) is 0 Å². The number of carbonyl (C=O) groups excluding carboxylic acids is 3. The van der Waals surface area contributed by atoms with Crippen LogP contribution >= 0.6 is 0 Å². The monoisotopic (exact) mass is 413 g/mol. The highest BCUT2D eigenvalue weighted by Gasteiger charge is 2.15. The lowest BCUT2D eigenvalue weighted by Gasteiger charge is -2.18. The summed E-state index contributed by atoms with van der Waals surface area (Å²) in [6.45, 7) is 4.84. The van der Waals surface area contributed by atoms with E-state index >= 15 is 0 Å². The topological polar surface area (TPSA) is 108 Å². The molecule has 0 aliphatic carbocycles. The van der Waals surface area contributed by atoms with Crippen molar-refractivity contribution in [3.8, 4) is 0 Å². The van der Waals surface area contributed by atoms with E-state index in [0.717, 1.165) is 0 Å². The van der Waals surface area contributed by atoms with Crippen molar-refractivity contribution in [1.29, 1.82) is 0 Å². The summed E-state index contributed by atoms with van der Waals surface area (Å²) < 4.78 is 5.09. The molecule has 3 N–H and O–H groups in total. The summed E-state index contributed by atoms with van der Waals surface area (Å²) in [6, 6.07) is 13.2. The lowest BCUT2D eigenvalue weighted by atomic mass is 10.1. The van der Waals surface area contributed by atoms with Crippen molar-refractivity contribution in [2.24, 2.45) is 0 Å². The number of anilines is 2. The third-order valence-corrected chi connectivity index (χ3v) is 4.37. The van der Waals surface area contributed by atoms with Gasteiger partial charge >= 0.3 is 5.97 Å². The Labute approximate surface area is 175 Å². The van der Waals surface area contributed by atoms with E-state index in [1.807, 2.05) is 13.8 Å². The molecule has 0 bridgehead atoms. The van der Waals surface area contributed by atoms with Gasteiger partial charge in [0.1, 0.15) is 0 Å². The Kier molecular flexibility index (Phi) is 8.83. The van der Waals surface area contributed by atoms with Gasteiger partial charge in [0, 0.05) is 36.6 Å². The summed E-state index contributed by atoms with van der Waals surface area (Å²) in [5.74, 6) is -1.21. The fourth-order valence-electron chi connectivity index (χ4n) is 2.80. The Hall–Kier alpha value is -3.39. The predicted molar refractivity (Wildman–Crippen MR) is 115 cm³/mol. The standard InChI is InChI=1S/C22H27N3O5/c1-3-25(4-2)21(28)16-9-11-17(12-10-16)24-20(27)15-30-22(29)18-7-5-6-8-19(18)23-13-14-26/h5-12,23,26H,3-4,13-15H2,1-2H3,(H,24,27). The summed E-state index contributed by atoms with van der Waals surface area (Å²) in [6.07, 6.45) is 0. The predicted octanol–water partition coefficient (Wildman–Crippen LogP) is 2.37. The van der Waals surface area contributed by atoms with Gasteiger partial charge in [0.05, 0.1) is 12.2 Å². The molecule has 30 heavy (non-hydrogen) atoms. The number of hydrogen-bond donors (Lipinski definition) is 3. The first-order valence-electron chi connectivity index (χ1n) is 9.80. The number of nitrogens with zero attached hydrogens (tertiary/aromatic N) is 1. The van der Waals surface area contributed by atoms with E-state index in [1.165, 1.54) is 0 Å². The van der Waals surface area contributed by atoms with Gasteiger partial charge in [0.2, 0.25) is 0 Å². The Morgan fingerprint density at radius 3 is 2.30 bits per heavy atom. The summed E-state index contributed by atoms with van der Waals surface area (Å²) in [5, 5.41) is 14.5. The molecule has 2 aromatic carbocycles. The van der Waals surface area contributed by atoms with E-state index in [1.54, 1.807) is 53.4 Å². The van der Waals surface area contributed by atoms with Crippen LogP contribution in [0.4, 0.5) is 11.4 Å². The number of carbonyl (C=O) groups is 3. The van der Waals surface area contributed by atoms with Crippen LogP contribution in [0.15, 0.2) is 48.5 Å². The number of amides is 2. The van der Waals surface area contributed by atoms with Crippen molar-refractivity contribution in [1.82, 2.24) is 4.90 Å². The number of aliphatic hydroxyl groups is 1. The van der Waals surface area contributed by atoms with Crippen LogP contribution in [0.1, 0.15) is 34.6 Å². The lowest BCUT2D eigenvalue weighted by molar-refractivity contribution is -0.119. The number of ether oxygens (including phenoxy) is 1. The summed E-state index contributed by atoms with van der Waals surface area (Å²) in [4.78, 5) is 38.4. The van der Waals surface area contributed by atoms with Crippen LogP contribution in [-0.4, -0.2) is 60.6 Å². The van der Waals surface area contributed by atoms with E-state index in [2.05, 4.69) is 10.6 Å². The highest BCUT2D eigenvalue weighted by atomic mass is 16.5. The molecule has 0 atom stereocenters. The molecule has 8 heteroatoms. The second-order valence-electron chi connectivity index (χ2n) is 6.38. The molecule has 2 rings (SSSR count). The van der Waals surface area contributed by atoms with Gasteiger partial charge < -0.3 is 25.4 Å². The number of nitrogens with one attached hydrogen (secondary N) is 2. The normalized spacial score (nSPS) is 10.2. The highest BCUT2D eigenvalue weighted by molar-refractivity contribution is 5.99. The summed E-state index contributed by atoms with van der Waals surface area (Å²) >= 11 is 0. The van der Waals surface area contributed by atoms with Gasteiger partial charge in [-0.1, -0.05) is 12.1 Å². The molecule has 0 aliphatic heterocycles. The number of esters is 1. The van der Waals surface area contributed by atoms with Crippen LogP contribution in [0.3, 0.4) is 0 Å². The van der Waals surface area contributed by atoms with Crippen molar-refractivity contribution >= 4 is 29.2 Å². The van der Waals surface area contributed by atoms with Crippen molar-refractivity contribution in [3.05, 3.63) is 59.7 Å². The maximum absolute atomic E-state index is 12.3. The zero-order valence-electron chi connectivity index (χ0n) is 17.2. The molecule has 2 aromatic rings. The molecule has 0 heterocycles. The van der Waals surface area contributed by atoms with E-state index in [-0.39, 0.29) is 24.6 Å². The zero-order chi connectivity index (χ0) is 21.9. The SMILES string of the molecule is CCN(CC)C(=O)c1ccc(NC(=O)COC(=O)c2ccccc2NCCO)cc1. The van der Waals surface area contributed by atoms with Crippen LogP contribution < -0.4 is 10.6 Å². The molecule has 0 saturated carbocycles.